The van der Waals surface area contributed by atoms with Crippen molar-refractivity contribution in [3.8, 4) is 5.75 Å². The summed E-state index contributed by atoms with van der Waals surface area (Å²) >= 11 is 5.39. The van der Waals surface area contributed by atoms with E-state index in [1.165, 1.54) is 6.92 Å². The molecule has 4 nitrogen and oxygen atoms in total. The monoisotopic (exact) mass is 365 g/mol. The van der Waals surface area contributed by atoms with Crippen LogP contribution < -0.4 is 4.74 Å². The maximum absolute atomic E-state index is 12.9. The Bertz CT molecular complexity index is 573. The Hall–Kier alpha value is -1.71. The fourth-order valence-corrected chi connectivity index (χ4v) is 1.82. The van der Waals surface area contributed by atoms with Gasteiger partial charge in [0.1, 0.15) is 0 Å². The Kier molecular flexibility index (Phi) is 6.09. The minimum absolute atomic E-state index is 0.0113. The maximum atomic E-state index is 12.9. The number of carbonyl (C=O) groups excluding carboxylic acids is 1. The fourth-order valence-electron chi connectivity index (χ4n) is 1.62. The van der Waals surface area contributed by atoms with Gasteiger partial charge in [0.25, 0.3) is 0 Å². The molecule has 0 fully saturated rings. The second-order valence-corrected chi connectivity index (χ2v) is 4.38. The number of pyridine rings is 1. The quantitative estimate of drug-likeness (QED) is 0.452. The molecular weight excluding hydrogens is 356 g/mol. The van der Waals surface area contributed by atoms with Crippen LogP contribution in [0.1, 0.15) is 23.9 Å². The van der Waals surface area contributed by atoms with Gasteiger partial charge in [-0.3, -0.25) is 4.79 Å². The van der Waals surface area contributed by atoms with Gasteiger partial charge in [0, 0.05) is 5.56 Å². The van der Waals surface area contributed by atoms with Gasteiger partial charge in [0.15, 0.2) is 11.4 Å². The smallest absolute Gasteiger partial charge is 0.466 e. The first-order valence-corrected chi connectivity index (χ1v) is 6.58. The van der Waals surface area contributed by atoms with Gasteiger partial charge >= 0.3 is 18.5 Å². The van der Waals surface area contributed by atoms with E-state index in [1.54, 1.807) is 0 Å². The highest BCUT2D eigenvalue weighted by Crippen LogP contribution is 2.40. The van der Waals surface area contributed by atoms with Crippen LogP contribution in [0.15, 0.2) is 6.07 Å². The number of aromatic nitrogens is 1. The van der Waals surface area contributed by atoms with Crippen molar-refractivity contribution in [2.24, 2.45) is 0 Å². The molecule has 0 amide bonds. The highest BCUT2D eigenvalue weighted by Gasteiger charge is 2.42. The summed E-state index contributed by atoms with van der Waals surface area (Å²) in [5.41, 5.74) is -2.93. The largest absolute Gasteiger partial charge is 0.573 e. The lowest BCUT2D eigenvalue weighted by molar-refractivity contribution is -0.276. The lowest BCUT2D eigenvalue weighted by Crippen LogP contribution is -2.23. The molecule has 0 radical (unpaired) electrons. The highest BCUT2D eigenvalue weighted by atomic mass is 35.5. The lowest BCUT2D eigenvalue weighted by atomic mass is 10.1. The molecule has 11 heteroatoms. The van der Waals surface area contributed by atoms with Crippen molar-refractivity contribution in [2.75, 3.05) is 6.61 Å². The normalized spacial score (nSPS) is 12.2. The molecule has 1 aromatic heterocycles. The van der Waals surface area contributed by atoms with Crippen LogP contribution >= 0.6 is 11.6 Å². The first kappa shape index (κ1) is 19.3. The van der Waals surface area contributed by atoms with Crippen LogP contribution in [0.5, 0.6) is 5.75 Å². The van der Waals surface area contributed by atoms with Crippen LogP contribution in [0.3, 0.4) is 0 Å². The molecule has 0 spiro atoms. The summed E-state index contributed by atoms with van der Waals surface area (Å²) in [4.78, 5) is 14.3. The summed E-state index contributed by atoms with van der Waals surface area (Å²) in [6.07, 6.45) is -11.2. The van der Waals surface area contributed by atoms with Gasteiger partial charge in [0.2, 0.25) is 0 Å². The van der Waals surface area contributed by atoms with Crippen molar-refractivity contribution in [1.29, 1.82) is 0 Å². The van der Waals surface area contributed by atoms with Crippen LogP contribution in [-0.4, -0.2) is 23.9 Å². The number of halogens is 7. The van der Waals surface area contributed by atoms with Crippen LogP contribution in [0.25, 0.3) is 0 Å². The Morgan fingerprint density at radius 3 is 2.30 bits per heavy atom. The summed E-state index contributed by atoms with van der Waals surface area (Å²) < 4.78 is 83.7. The molecule has 0 aliphatic rings. The second kappa shape index (κ2) is 7.24. The molecule has 0 aliphatic heterocycles. The topological polar surface area (TPSA) is 48.4 Å². The molecule has 0 aromatic carbocycles. The number of ether oxygens (including phenoxy) is 2. The molecule has 0 bridgehead atoms. The van der Waals surface area contributed by atoms with E-state index < -0.39 is 53.5 Å². The van der Waals surface area contributed by atoms with E-state index in [4.69, 9.17) is 11.6 Å². The molecule has 130 valence electrons. The van der Waals surface area contributed by atoms with Gasteiger partial charge in [-0.15, -0.1) is 24.8 Å². The minimum atomic E-state index is -5.36. The zero-order chi connectivity index (χ0) is 17.8. The maximum Gasteiger partial charge on any atom is 0.573 e. The summed E-state index contributed by atoms with van der Waals surface area (Å²) in [7, 11) is 0. The van der Waals surface area contributed by atoms with Crippen LogP contribution in [-0.2, 0) is 28.0 Å². The van der Waals surface area contributed by atoms with E-state index in [0.717, 1.165) is 6.07 Å². The fraction of sp³-hybridized carbons (Fsp3) is 0.500. The molecule has 23 heavy (non-hydrogen) atoms. The lowest BCUT2D eigenvalue weighted by Gasteiger charge is -2.18. The van der Waals surface area contributed by atoms with Crippen molar-refractivity contribution >= 4 is 17.6 Å². The van der Waals surface area contributed by atoms with Crippen molar-refractivity contribution in [2.45, 2.75) is 31.8 Å². The minimum Gasteiger partial charge on any atom is -0.466 e. The number of nitrogens with zero attached hydrogens (tertiary/aromatic N) is 1. The first-order valence-electron chi connectivity index (χ1n) is 6.05. The first-order chi connectivity index (χ1) is 10.5. The van der Waals surface area contributed by atoms with Gasteiger partial charge < -0.3 is 9.47 Å². The Morgan fingerprint density at radius 2 is 1.87 bits per heavy atom. The summed E-state index contributed by atoms with van der Waals surface area (Å²) in [6.45, 7) is 1.47. The van der Waals surface area contributed by atoms with E-state index in [1.807, 2.05) is 0 Å². The molecular formula is C12H10ClF6NO3. The van der Waals surface area contributed by atoms with Crippen molar-refractivity contribution in [1.82, 2.24) is 4.98 Å². The molecule has 0 unspecified atom stereocenters. The predicted molar refractivity (Wildman–Crippen MR) is 65.8 cm³/mol. The second-order valence-electron chi connectivity index (χ2n) is 4.11. The van der Waals surface area contributed by atoms with Crippen molar-refractivity contribution in [3.63, 3.8) is 0 Å². The Balaban J connectivity index is 3.37. The average Bonchev–Trinajstić information content (AvgIpc) is 2.37. The summed E-state index contributed by atoms with van der Waals surface area (Å²) in [5.74, 6) is -3.11. The zero-order valence-electron chi connectivity index (χ0n) is 11.5. The van der Waals surface area contributed by atoms with E-state index >= 15 is 0 Å². The molecule has 1 heterocycles. The molecule has 0 atom stereocenters. The molecule has 0 saturated heterocycles. The van der Waals surface area contributed by atoms with Gasteiger partial charge in [-0.1, -0.05) is 0 Å². The van der Waals surface area contributed by atoms with Crippen LogP contribution in [0.4, 0.5) is 26.3 Å². The van der Waals surface area contributed by atoms with Crippen molar-refractivity contribution < 1.29 is 40.6 Å². The van der Waals surface area contributed by atoms with Gasteiger partial charge in [-0.25, -0.2) is 4.98 Å². The van der Waals surface area contributed by atoms with Gasteiger partial charge in [0.05, 0.1) is 24.6 Å². The summed E-state index contributed by atoms with van der Waals surface area (Å²) in [6, 6.07) is 0.834. The number of esters is 1. The van der Waals surface area contributed by atoms with E-state index in [-0.39, 0.29) is 6.61 Å². The Morgan fingerprint density at radius 1 is 1.26 bits per heavy atom. The summed E-state index contributed by atoms with van der Waals surface area (Å²) in [5, 5.41) is 0. The SMILES string of the molecule is CCOC(=O)Cc1cc(CCl)c(OC(F)(F)F)c(C(F)(F)F)n1. The molecule has 0 aliphatic carbocycles. The van der Waals surface area contributed by atoms with Crippen molar-refractivity contribution in [3.05, 3.63) is 23.0 Å². The zero-order valence-corrected chi connectivity index (χ0v) is 12.3. The Labute approximate surface area is 131 Å². The standard InChI is InChI=1S/C12H10ClF6NO3/c1-2-22-8(21)4-7-3-6(5-13)9(23-12(17,18)19)10(20-7)11(14,15)16/h3H,2,4-5H2,1H3. The van der Waals surface area contributed by atoms with E-state index in [2.05, 4.69) is 14.5 Å². The number of carbonyl (C=O) groups is 1. The van der Waals surface area contributed by atoms with E-state index in [0.29, 0.717) is 0 Å². The molecule has 1 aromatic rings. The van der Waals surface area contributed by atoms with Crippen LogP contribution in [0, 0.1) is 0 Å². The van der Waals surface area contributed by atoms with Crippen LogP contribution in [0.2, 0.25) is 0 Å². The number of rotatable bonds is 5. The predicted octanol–water partition coefficient (Wildman–Crippen LogP) is 3.84. The molecule has 0 saturated carbocycles. The third kappa shape index (κ3) is 5.77. The third-order valence-corrected chi connectivity index (χ3v) is 2.65. The van der Waals surface area contributed by atoms with E-state index in [9.17, 15) is 31.1 Å². The number of alkyl halides is 7. The molecule has 1 rings (SSSR count). The number of hydrogen-bond acceptors (Lipinski definition) is 4. The highest BCUT2D eigenvalue weighted by molar-refractivity contribution is 6.17. The average molecular weight is 366 g/mol. The molecule has 0 N–H and O–H groups in total. The van der Waals surface area contributed by atoms with Gasteiger partial charge in [-0.05, 0) is 13.0 Å². The van der Waals surface area contributed by atoms with Gasteiger partial charge in [-0.2, -0.15) is 13.2 Å². The third-order valence-electron chi connectivity index (χ3n) is 2.36. The number of hydrogen-bond donors (Lipinski definition) is 0.